The molecule has 0 aliphatic rings. The van der Waals surface area contributed by atoms with Gasteiger partial charge in [0, 0.05) is 0 Å². The van der Waals surface area contributed by atoms with Gasteiger partial charge in [-0.05, 0) is 56.2 Å². The fraction of sp³-hybridized carbons (Fsp3) is 0.350. The maximum absolute atomic E-state index is 13.6. The topological polar surface area (TPSA) is 69.7 Å². The molecule has 0 bridgehead atoms. The Morgan fingerprint density at radius 1 is 1.11 bits per heavy atom. The number of ether oxygens (including phenoxy) is 1. The number of hydrogen-bond donors (Lipinski definition) is 1. The molecule has 0 aliphatic carbocycles. The van der Waals surface area contributed by atoms with Gasteiger partial charge in [0.2, 0.25) is 0 Å². The SMILES string of the molecule is CCOP(=O)(OCC)C(Nc1nc2ccc(C)cc2s1)c1ccc(OC)cc1. The molecular weight excluding hydrogens is 395 g/mol. The predicted octanol–water partition coefficient (Wildman–Crippen LogP) is 5.99. The molecule has 0 radical (unpaired) electrons. The molecule has 1 aromatic heterocycles. The number of benzene rings is 2. The van der Waals surface area contributed by atoms with E-state index in [2.05, 4.69) is 16.4 Å². The molecule has 0 spiro atoms. The molecule has 150 valence electrons. The van der Waals surface area contributed by atoms with E-state index in [1.807, 2.05) is 43.3 Å². The summed E-state index contributed by atoms with van der Waals surface area (Å²) in [6.45, 7) is 6.22. The second-order valence-electron chi connectivity index (χ2n) is 6.19. The number of aromatic nitrogens is 1. The molecule has 1 N–H and O–H groups in total. The highest BCUT2D eigenvalue weighted by atomic mass is 32.1. The van der Waals surface area contributed by atoms with Gasteiger partial charge in [-0.3, -0.25) is 4.57 Å². The lowest BCUT2D eigenvalue weighted by molar-refractivity contribution is 0.214. The number of anilines is 1. The highest BCUT2D eigenvalue weighted by Gasteiger charge is 2.37. The van der Waals surface area contributed by atoms with E-state index in [9.17, 15) is 4.57 Å². The van der Waals surface area contributed by atoms with Crippen LogP contribution in [-0.4, -0.2) is 25.3 Å². The highest BCUT2D eigenvalue weighted by Crippen LogP contribution is 2.61. The average molecular weight is 420 g/mol. The summed E-state index contributed by atoms with van der Waals surface area (Å²) in [5.74, 6) is 0.0422. The summed E-state index contributed by atoms with van der Waals surface area (Å²) in [6, 6.07) is 13.5. The summed E-state index contributed by atoms with van der Waals surface area (Å²) in [6.07, 6.45) is 0. The lowest BCUT2D eigenvalue weighted by atomic mass is 10.2. The van der Waals surface area contributed by atoms with Gasteiger partial charge in [0.15, 0.2) is 10.9 Å². The Morgan fingerprint density at radius 3 is 2.39 bits per heavy atom. The van der Waals surface area contributed by atoms with E-state index in [-0.39, 0.29) is 13.2 Å². The molecule has 3 aromatic rings. The van der Waals surface area contributed by atoms with Crippen molar-refractivity contribution in [3.05, 3.63) is 53.6 Å². The van der Waals surface area contributed by atoms with Crippen LogP contribution in [0.1, 0.15) is 30.8 Å². The fourth-order valence-corrected chi connectivity index (χ4v) is 5.88. The van der Waals surface area contributed by atoms with Crippen LogP contribution in [0.25, 0.3) is 10.2 Å². The first-order chi connectivity index (χ1) is 13.5. The number of thiazole rings is 1. The Hall–Kier alpha value is -1.92. The largest absolute Gasteiger partial charge is 0.497 e. The van der Waals surface area contributed by atoms with E-state index >= 15 is 0 Å². The number of fused-ring (bicyclic) bond motifs is 1. The molecule has 6 nitrogen and oxygen atoms in total. The molecule has 28 heavy (non-hydrogen) atoms. The second-order valence-corrected chi connectivity index (χ2v) is 9.33. The van der Waals surface area contributed by atoms with E-state index in [0.29, 0.717) is 5.13 Å². The first-order valence-electron chi connectivity index (χ1n) is 9.15. The number of rotatable bonds is 9. The van der Waals surface area contributed by atoms with Gasteiger partial charge < -0.3 is 19.1 Å². The molecule has 1 unspecified atom stereocenters. The van der Waals surface area contributed by atoms with Crippen molar-refractivity contribution in [2.75, 3.05) is 25.6 Å². The number of methoxy groups -OCH3 is 1. The molecule has 0 saturated carbocycles. The summed E-state index contributed by atoms with van der Waals surface area (Å²) in [7, 11) is -1.87. The van der Waals surface area contributed by atoms with Crippen LogP contribution in [0, 0.1) is 6.92 Å². The van der Waals surface area contributed by atoms with Crippen LogP contribution in [-0.2, 0) is 13.6 Å². The molecule has 1 atom stereocenters. The Balaban J connectivity index is 2.01. The standard InChI is InChI=1S/C20H25N2O4PS/c1-5-25-27(23,26-6-2)19(15-8-10-16(24-4)11-9-15)22-20-21-17-12-7-14(3)13-18(17)28-20/h7-13,19H,5-6H2,1-4H3,(H,21,22). The smallest absolute Gasteiger partial charge is 0.357 e. The molecule has 0 fully saturated rings. The monoisotopic (exact) mass is 420 g/mol. The maximum Gasteiger partial charge on any atom is 0.357 e. The van der Waals surface area contributed by atoms with Gasteiger partial charge in [-0.1, -0.05) is 29.5 Å². The Morgan fingerprint density at radius 2 is 1.79 bits per heavy atom. The van der Waals surface area contributed by atoms with E-state index in [1.165, 1.54) is 16.9 Å². The number of nitrogens with one attached hydrogen (secondary N) is 1. The minimum atomic E-state index is -3.48. The van der Waals surface area contributed by atoms with E-state index < -0.39 is 13.4 Å². The fourth-order valence-electron chi connectivity index (χ4n) is 2.89. The van der Waals surface area contributed by atoms with Crippen molar-refractivity contribution in [1.29, 1.82) is 0 Å². The zero-order valence-electron chi connectivity index (χ0n) is 16.5. The Kier molecular flexibility index (Phi) is 6.73. The summed E-state index contributed by atoms with van der Waals surface area (Å²) < 4.78 is 31.1. The van der Waals surface area contributed by atoms with E-state index in [0.717, 1.165) is 21.5 Å². The lowest BCUT2D eigenvalue weighted by Gasteiger charge is -2.27. The number of aryl methyl sites for hydroxylation is 1. The van der Waals surface area contributed by atoms with Crippen molar-refractivity contribution in [1.82, 2.24) is 4.98 Å². The van der Waals surface area contributed by atoms with Crippen LogP contribution >= 0.6 is 18.9 Å². The molecule has 8 heteroatoms. The van der Waals surface area contributed by atoms with Gasteiger partial charge in [0.1, 0.15) is 5.75 Å². The predicted molar refractivity (Wildman–Crippen MR) is 115 cm³/mol. The van der Waals surface area contributed by atoms with Crippen molar-refractivity contribution in [3.63, 3.8) is 0 Å². The van der Waals surface area contributed by atoms with Crippen LogP contribution in [0.15, 0.2) is 42.5 Å². The third-order valence-corrected chi connectivity index (χ3v) is 7.42. The zero-order chi connectivity index (χ0) is 20.1. The lowest BCUT2D eigenvalue weighted by Crippen LogP contribution is -2.15. The third-order valence-electron chi connectivity index (χ3n) is 4.17. The molecule has 0 amide bonds. The van der Waals surface area contributed by atoms with Crippen LogP contribution in [0.2, 0.25) is 0 Å². The minimum Gasteiger partial charge on any atom is -0.497 e. The van der Waals surface area contributed by atoms with Crippen LogP contribution < -0.4 is 10.1 Å². The third kappa shape index (κ3) is 4.55. The number of hydrogen-bond acceptors (Lipinski definition) is 7. The van der Waals surface area contributed by atoms with Gasteiger partial charge in [-0.25, -0.2) is 4.98 Å². The van der Waals surface area contributed by atoms with E-state index in [1.54, 1.807) is 21.0 Å². The van der Waals surface area contributed by atoms with Crippen molar-refractivity contribution < 1.29 is 18.3 Å². The Labute approximate surface area is 169 Å². The minimum absolute atomic E-state index is 0.282. The second kappa shape index (κ2) is 9.05. The summed E-state index contributed by atoms with van der Waals surface area (Å²) in [5.41, 5.74) is 2.85. The first-order valence-corrected chi connectivity index (χ1v) is 11.6. The van der Waals surface area contributed by atoms with Gasteiger partial charge >= 0.3 is 7.60 Å². The zero-order valence-corrected chi connectivity index (χ0v) is 18.2. The van der Waals surface area contributed by atoms with Crippen molar-refractivity contribution in [2.45, 2.75) is 26.6 Å². The van der Waals surface area contributed by atoms with E-state index in [4.69, 9.17) is 13.8 Å². The number of nitrogens with zero attached hydrogens (tertiary/aromatic N) is 1. The van der Waals surface area contributed by atoms with Crippen LogP contribution in [0.4, 0.5) is 5.13 Å². The highest BCUT2D eigenvalue weighted by molar-refractivity contribution is 7.54. The molecule has 1 heterocycles. The molecule has 0 saturated heterocycles. The molecule has 2 aromatic carbocycles. The van der Waals surface area contributed by atoms with Gasteiger partial charge in [0.25, 0.3) is 0 Å². The van der Waals surface area contributed by atoms with Gasteiger partial charge in [-0.15, -0.1) is 0 Å². The summed E-state index contributed by atoms with van der Waals surface area (Å²) in [5, 5.41) is 3.97. The Bertz CT molecular complexity index is 964. The van der Waals surface area contributed by atoms with Gasteiger partial charge in [0.05, 0.1) is 30.5 Å². The van der Waals surface area contributed by atoms with Crippen LogP contribution in [0.5, 0.6) is 5.75 Å². The summed E-state index contributed by atoms with van der Waals surface area (Å²) in [4.78, 5) is 4.64. The van der Waals surface area contributed by atoms with Gasteiger partial charge in [-0.2, -0.15) is 0 Å². The molecule has 0 aliphatic heterocycles. The average Bonchev–Trinajstić information content (AvgIpc) is 3.08. The molecule has 3 rings (SSSR count). The summed E-state index contributed by atoms with van der Waals surface area (Å²) >= 11 is 1.52. The molecular formula is C20H25N2O4PS. The first kappa shape index (κ1) is 20.8. The maximum atomic E-state index is 13.6. The normalized spacial score (nSPS) is 12.9. The van der Waals surface area contributed by atoms with Crippen LogP contribution in [0.3, 0.4) is 0 Å². The van der Waals surface area contributed by atoms with Crippen molar-refractivity contribution >= 4 is 34.3 Å². The van der Waals surface area contributed by atoms with Crippen molar-refractivity contribution in [2.24, 2.45) is 0 Å². The van der Waals surface area contributed by atoms with Crippen molar-refractivity contribution in [3.8, 4) is 5.75 Å². The quantitative estimate of drug-likeness (QED) is 0.429.